The van der Waals surface area contributed by atoms with Gasteiger partial charge < -0.3 is 19.5 Å². The smallest absolute Gasteiger partial charge is 0.683 e. The van der Waals surface area contributed by atoms with Crippen LogP contribution in [0.15, 0.2) is 84.2 Å². The minimum Gasteiger partial charge on any atom is -0.683 e. The first-order valence-corrected chi connectivity index (χ1v) is 8.71. The van der Waals surface area contributed by atoms with Gasteiger partial charge in [0.05, 0.1) is 11.4 Å². The molecule has 0 aliphatic rings. The summed E-state index contributed by atoms with van der Waals surface area (Å²) in [5.41, 5.74) is 6.67. The molecule has 3 rings (SSSR count). The number of benzene rings is 1. The van der Waals surface area contributed by atoms with Crippen LogP contribution >= 0.6 is 0 Å². The largest absolute Gasteiger partial charge is 2.00 e. The Morgan fingerprint density at radius 1 is 0.926 bits per heavy atom. The summed E-state index contributed by atoms with van der Waals surface area (Å²) in [6.45, 7) is 0. The van der Waals surface area contributed by atoms with Crippen molar-refractivity contribution in [3.63, 3.8) is 0 Å². The summed E-state index contributed by atoms with van der Waals surface area (Å²) in [5, 5.41) is 4.35. The van der Waals surface area contributed by atoms with Crippen molar-refractivity contribution in [3.05, 3.63) is 95.8 Å². The van der Waals surface area contributed by atoms with Crippen LogP contribution in [-0.4, -0.2) is 33.2 Å². The molecule has 0 bridgehead atoms. The Bertz CT molecular complexity index is 891. The van der Waals surface area contributed by atoms with Crippen molar-refractivity contribution in [3.8, 4) is 0 Å². The second kappa shape index (κ2) is 11.2. The molecule has 0 amide bonds. The molecular weight excluding hydrogens is 412 g/mol. The summed E-state index contributed by atoms with van der Waals surface area (Å²) in [5.74, 6) is 0.571. The fourth-order valence-corrected chi connectivity index (χ4v) is 1.87. The molecule has 1 aromatic carbocycles. The molecule has 2 heterocycles. The number of hydrogen-bond donors (Lipinski definition) is 0. The molecule has 0 atom stereocenters. The maximum absolute atomic E-state index is 8.74. The number of rotatable bonds is 4. The molecule has 0 aliphatic carbocycles. The van der Waals surface area contributed by atoms with Gasteiger partial charge in [-0.1, -0.05) is 60.8 Å². The van der Waals surface area contributed by atoms with Crippen LogP contribution < -0.4 is 0 Å². The first kappa shape index (κ1) is 22.4. The molecule has 3 aromatic rings. The van der Waals surface area contributed by atoms with Crippen LogP contribution in [0.25, 0.3) is 5.43 Å². The predicted octanol–water partition coefficient (Wildman–Crippen LogP) is 2.10. The molecule has 0 saturated carbocycles. The van der Waals surface area contributed by atoms with Crippen LogP contribution in [-0.2, 0) is 27.5 Å². The third-order valence-electron chi connectivity index (χ3n) is 2.86. The van der Waals surface area contributed by atoms with Gasteiger partial charge >= 0.3 is 27.5 Å². The van der Waals surface area contributed by atoms with E-state index in [1.807, 2.05) is 66.7 Å². The van der Waals surface area contributed by atoms with Crippen molar-refractivity contribution in [2.45, 2.75) is 0 Å². The predicted molar refractivity (Wildman–Crippen MR) is 96.9 cm³/mol. The standard InChI is InChI=1S/C17H13N4.Fe.H2O4S/c1-2-8-14(9-3-1)17(15-10-4-6-12-18-15)21-20-16-11-5-7-13-19-16;;1-5(2,3)4/h1-13H;;(H2,1,2,3,4)/q-1;+2;. The quantitative estimate of drug-likeness (QED) is 0.157. The number of pyridine rings is 2. The molecule has 0 saturated heterocycles. The Morgan fingerprint density at radius 3 is 2.00 bits per heavy atom. The van der Waals surface area contributed by atoms with E-state index in [2.05, 4.69) is 20.5 Å². The SMILES string of the molecule is O=S(=O)([O-])[OH2+].[Fe+2].c1ccc(C(=N[N-]c2ccccn2)c2ccccn2)cc1. The third kappa shape index (κ3) is 9.04. The molecule has 140 valence electrons. The van der Waals surface area contributed by atoms with Crippen LogP contribution in [0.5, 0.6) is 0 Å². The van der Waals surface area contributed by atoms with Gasteiger partial charge in [-0.2, -0.15) is 8.42 Å². The molecule has 0 aliphatic heterocycles. The van der Waals surface area contributed by atoms with Gasteiger partial charge in [0.25, 0.3) is 0 Å². The monoisotopic (exact) mass is 427 g/mol. The number of nitrogens with zero attached hydrogens (tertiary/aromatic N) is 4. The maximum Gasteiger partial charge on any atom is 2.00 e. The van der Waals surface area contributed by atoms with Crippen LogP contribution in [0.2, 0.25) is 0 Å². The second-order valence-corrected chi connectivity index (χ2v) is 5.68. The van der Waals surface area contributed by atoms with E-state index in [4.69, 9.17) is 17.5 Å². The Morgan fingerprint density at radius 2 is 1.48 bits per heavy atom. The second-order valence-electron chi connectivity index (χ2n) is 4.77. The van der Waals surface area contributed by atoms with Crippen LogP contribution in [0.1, 0.15) is 11.3 Å². The molecule has 8 nitrogen and oxygen atoms in total. The first-order valence-electron chi connectivity index (χ1n) is 7.30. The third-order valence-corrected chi connectivity index (χ3v) is 2.86. The summed E-state index contributed by atoms with van der Waals surface area (Å²) in [7, 11) is -4.67. The van der Waals surface area contributed by atoms with E-state index in [0.717, 1.165) is 17.0 Å². The molecular formula is C17H15FeN4O4S+. The minimum absolute atomic E-state index is 0. The van der Waals surface area contributed by atoms with Gasteiger partial charge in [-0.3, -0.25) is 10.1 Å². The zero-order chi connectivity index (χ0) is 18.8. The first-order chi connectivity index (χ1) is 12.4. The van der Waals surface area contributed by atoms with Gasteiger partial charge in [0.2, 0.25) is 0 Å². The zero-order valence-corrected chi connectivity index (χ0v) is 15.7. The van der Waals surface area contributed by atoms with E-state index in [1.54, 1.807) is 12.4 Å². The van der Waals surface area contributed by atoms with Gasteiger partial charge in [0.1, 0.15) is 0 Å². The Kier molecular flexibility index (Phi) is 9.27. The van der Waals surface area contributed by atoms with Crippen LogP contribution in [0, 0.1) is 0 Å². The van der Waals surface area contributed by atoms with E-state index >= 15 is 0 Å². The van der Waals surface area contributed by atoms with E-state index in [-0.39, 0.29) is 17.1 Å². The summed E-state index contributed by atoms with van der Waals surface area (Å²) < 4.78 is 31.6. The minimum atomic E-state index is -4.67. The number of hydrogen-bond acceptors (Lipinski definition) is 6. The molecule has 0 unspecified atom stereocenters. The summed E-state index contributed by atoms with van der Waals surface area (Å²) in [6.07, 6.45) is 3.44. The normalized spacial score (nSPS) is 10.8. The fraction of sp³-hybridized carbons (Fsp3) is 0. The van der Waals surface area contributed by atoms with Crippen molar-refractivity contribution in [2.75, 3.05) is 0 Å². The van der Waals surface area contributed by atoms with Crippen LogP contribution in [0.4, 0.5) is 5.82 Å². The van der Waals surface area contributed by atoms with Crippen molar-refractivity contribution in [2.24, 2.45) is 5.10 Å². The van der Waals surface area contributed by atoms with Gasteiger partial charge in [-0.15, -0.1) is 0 Å². The summed E-state index contributed by atoms with van der Waals surface area (Å²) in [4.78, 5) is 8.50. The molecule has 0 spiro atoms. The molecule has 0 radical (unpaired) electrons. The Balaban J connectivity index is 0.000000542. The van der Waals surface area contributed by atoms with E-state index < -0.39 is 10.4 Å². The fourth-order valence-electron chi connectivity index (χ4n) is 1.87. The van der Waals surface area contributed by atoms with E-state index in [1.165, 1.54) is 0 Å². The topological polar surface area (TPSA) is 132 Å². The average molecular weight is 427 g/mol. The van der Waals surface area contributed by atoms with Crippen molar-refractivity contribution < 1.29 is 34.6 Å². The van der Waals surface area contributed by atoms with Crippen molar-refractivity contribution in [1.82, 2.24) is 9.97 Å². The summed E-state index contributed by atoms with van der Waals surface area (Å²) in [6, 6.07) is 21.1. The molecule has 10 heteroatoms. The molecule has 0 fully saturated rings. The number of aromatic nitrogens is 2. The molecule has 27 heavy (non-hydrogen) atoms. The summed E-state index contributed by atoms with van der Waals surface area (Å²) >= 11 is 0. The van der Waals surface area contributed by atoms with Gasteiger partial charge in [0, 0.05) is 11.8 Å². The van der Waals surface area contributed by atoms with E-state index in [9.17, 15) is 0 Å². The van der Waals surface area contributed by atoms with E-state index in [0.29, 0.717) is 5.82 Å². The van der Waals surface area contributed by atoms with Crippen molar-refractivity contribution in [1.29, 1.82) is 0 Å². The molecule has 2 aromatic heterocycles. The Hall–Kier alpha value is -2.62. The van der Waals surface area contributed by atoms with Gasteiger partial charge in [-0.25, -0.2) is 0 Å². The van der Waals surface area contributed by atoms with Gasteiger partial charge in [-0.05, 0) is 18.0 Å². The Labute approximate surface area is 167 Å². The average Bonchev–Trinajstić information content (AvgIpc) is 2.63. The van der Waals surface area contributed by atoms with Crippen LogP contribution in [0.3, 0.4) is 0 Å². The maximum atomic E-state index is 8.74. The molecule has 2 N–H and O–H groups in total. The van der Waals surface area contributed by atoms with Gasteiger partial charge in [0.15, 0.2) is 0 Å². The zero-order valence-electron chi connectivity index (χ0n) is 13.8. The van der Waals surface area contributed by atoms with Crippen molar-refractivity contribution >= 4 is 21.9 Å².